The number of hydrogen-bond acceptors (Lipinski definition) is 5. The molecular formula is C17H20N6O2. The van der Waals surface area contributed by atoms with Gasteiger partial charge in [0.1, 0.15) is 0 Å². The first kappa shape index (κ1) is 15.5. The number of aromatic nitrogens is 4. The van der Waals surface area contributed by atoms with Gasteiger partial charge in [-0.25, -0.2) is 9.31 Å². The Morgan fingerprint density at radius 1 is 1.04 bits per heavy atom. The minimum Gasteiger partial charge on any atom is -0.453 e. The molecule has 0 N–H and O–H groups in total. The summed E-state index contributed by atoms with van der Waals surface area (Å²) in [7, 11) is 3.32. The van der Waals surface area contributed by atoms with Crippen LogP contribution in [0.5, 0.6) is 0 Å². The number of anilines is 1. The van der Waals surface area contributed by atoms with Gasteiger partial charge in [-0.3, -0.25) is 4.68 Å². The molecule has 25 heavy (non-hydrogen) atoms. The molecule has 0 saturated carbocycles. The highest BCUT2D eigenvalue weighted by atomic mass is 16.5. The summed E-state index contributed by atoms with van der Waals surface area (Å²) in [5.74, 6) is 0. The second-order valence-corrected chi connectivity index (χ2v) is 6.12. The lowest BCUT2D eigenvalue weighted by molar-refractivity contribution is 0.121. The predicted molar refractivity (Wildman–Crippen MR) is 93.6 cm³/mol. The molecule has 8 nitrogen and oxygen atoms in total. The molecule has 4 rings (SSSR count). The van der Waals surface area contributed by atoms with Crippen LogP contribution in [0.25, 0.3) is 16.6 Å². The smallest absolute Gasteiger partial charge is 0.409 e. The van der Waals surface area contributed by atoms with Crippen LogP contribution in [0.4, 0.5) is 10.5 Å². The van der Waals surface area contributed by atoms with E-state index < -0.39 is 0 Å². The Balaban J connectivity index is 1.57. The standard InChI is InChI=1S/C17H20N6O2/c1-20-11-14(9-18-20)13-3-4-15-16(10-19-23(15)12-13)21-5-7-22(8-6-21)17(24)25-2/h3-4,9-12H,5-8H2,1-2H3. The molecular weight excluding hydrogens is 320 g/mol. The number of carbonyl (C=O) groups excluding carboxylic acids is 1. The molecule has 1 saturated heterocycles. The van der Waals surface area contributed by atoms with E-state index in [2.05, 4.69) is 27.2 Å². The van der Waals surface area contributed by atoms with Crippen LogP contribution in [0.2, 0.25) is 0 Å². The third kappa shape index (κ3) is 2.79. The van der Waals surface area contributed by atoms with Crippen LogP contribution in [-0.2, 0) is 11.8 Å². The maximum absolute atomic E-state index is 11.6. The molecule has 4 heterocycles. The van der Waals surface area contributed by atoms with E-state index >= 15 is 0 Å². The van der Waals surface area contributed by atoms with E-state index in [4.69, 9.17) is 4.74 Å². The summed E-state index contributed by atoms with van der Waals surface area (Å²) in [6.07, 6.45) is 7.46. The van der Waals surface area contributed by atoms with E-state index in [0.29, 0.717) is 13.1 Å². The number of methoxy groups -OCH3 is 1. The van der Waals surface area contributed by atoms with Crippen LogP contribution in [-0.4, -0.2) is 63.7 Å². The monoisotopic (exact) mass is 340 g/mol. The first-order chi connectivity index (χ1) is 12.2. The number of pyridine rings is 1. The van der Waals surface area contributed by atoms with Gasteiger partial charge in [0, 0.05) is 56.7 Å². The number of nitrogens with zero attached hydrogens (tertiary/aromatic N) is 6. The summed E-state index contributed by atoms with van der Waals surface area (Å²) in [5, 5.41) is 8.72. The Morgan fingerprint density at radius 2 is 1.84 bits per heavy atom. The lowest BCUT2D eigenvalue weighted by Crippen LogP contribution is -2.48. The maximum atomic E-state index is 11.6. The fourth-order valence-electron chi connectivity index (χ4n) is 3.21. The summed E-state index contributed by atoms with van der Waals surface area (Å²) in [4.78, 5) is 15.6. The Kier molecular flexibility index (Phi) is 3.79. The molecule has 0 unspecified atom stereocenters. The average molecular weight is 340 g/mol. The van der Waals surface area contributed by atoms with Crippen LogP contribution in [0.15, 0.2) is 36.9 Å². The van der Waals surface area contributed by atoms with Gasteiger partial charge in [-0.15, -0.1) is 0 Å². The van der Waals surface area contributed by atoms with Crippen molar-refractivity contribution in [1.82, 2.24) is 24.3 Å². The zero-order valence-electron chi connectivity index (χ0n) is 14.3. The number of aryl methyl sites for hydroxylation is 1. The minimum absolute atomic E-state index is 0.263. The quantitative estimate of drug-likeness (QED) is 0.709. The summed E-state index contributed by atoms with van der Waals surface area (Å²) in [6, 6.07) is 4.17. The Bertz CT molecular complexity index is 907. The number of amides is 1. The topological polar surface area (TPSA) is 67.9 Å². The molecule has 1 aliphatic rings. The van der Waals surface area contributed by atoms with Crippen LogP contribution < -0.4 is 4.90 Å². The lowest BCUT2D eigenvalue weighted by atomic mass is 10.1. The number of carbonyl (C=O) groups is 1. The molecule has 0 aliphatic carbocycles. The molecule has 1 aliphatic heterocycles. The van der Waals surface area contributed by atoms with E-state index in [1.807, 2.05) is 36.4 Å². The van der Waals surface area contributed by atoms with Gasteiger partial charge in [-0.2, -0.15) is 10.2 Å². The second kappa shape index (κ2) is 6.12. The van der Waals surface area contributed by atoms with Crippen molar-refractivity contribution in [3.05, 3.63) is 36.9 Å². The van der Waals surface area contributed by atoms with Crippen LogP contribution in [0.3, 0.4) is 0 Å². The van der Waals surface area contributed by atoms with Gasteiger partial charge in [-0.05, 0) is 6.07 Å². The zero-order chi connectivity index (χ0) is 17.4. The van der Waals surface area contributed by atoms with Gasteiger partial charge in [0.2, 0.25) is 0 Å². The average Bonchev–Trinajstić information content (AvgIpc) is 3.27. The molecule has 0 spiro atoms. The fourth-order valence-corrected chi connectivity index (χ4v) is 3.21. The minimum atomic E-state index is -0.263. The van der Waals surface area contributed by atoms with Crippen molar-refractivity contribution in [1.29, 1.82) is 0 Å². The van der Waals surface area contributed by atoms with Crippen molar-refractivity contribution in [3.8, 4) is 11.1 Å². The molecule has 0 bridgehead atoms. The predicted octanol–water partition coefficient (Wildman–Crippen LogP) is 1.62. The number of rotatable bonds is 2. The molecule has 3 aromatic heterocycles. The van der Waals surface area contributed by atoms with E-state index in [1.165, 1.54) is 7.11 Å². The van der Waals surface area contributed by atoms with Gasteiger partial charge in [0.05, 0.1) is 30.7 Å². The van der Waals surface area contributed by atoms with Crippen molar-refractivity contribution in [3.63, 3.8) is 0 Å². The molecule has 3 aromatic rings. The van der Waals surface area contributed by atoms with Gasteiger partial charge in [-0.1, -0.05) is 6.07 Å². The molecule has 0 radical (unpaired) electrons. The summed E-state index contributed by atoms with van der Waals surface area (Å²) >= 11 is 0. The second-order valence-electron chi connectivity index (χ2n) is 6.12. The first-order valence-corrected chi connectivity index (χ1v) is 8.20. The van der Waals surface area contributed by atoms with Gasteiger partial charge >= 0.3 is 6.09 Å². The summed E-state index contributed by atoms with van der Waals surface area (Å²) < 4.78 is 8.47. The number of ether oxygens (including phenoxy) is 1. The third-order valence-corrected chi connectivity index (χ3v) is 4.59. The highest BCUT2D eigenvalue weighted by Gasteiger charge is 2.23. The van der Waals surface area contributed by atoms with E-state index in [-0.39, 0.29) is 6.09 Å². The van der Waals surface area contributed by atoms with Crippen molar-refractivity contribution >= 4 is 17.3 Å². The van der Waals surface area contributed by atoms with Gasteiger partial charge in [0.15, 0.2) is 0 Å². The van der Waals surface area contributed by atoms with E-state index in [9.17, 15) is 4.79 Å². The zero-order valence-corrected chi connectivity index (χ0v) is 14.3. The lowest BCUT2D eigenvalue weighted by Gasteiger charge is -2.34. The van der Waals surface area contributed by atoms with Gasteiger partial charge < -0.3 is 14.5 Å². The summed E-state index contributed by atoms with van der Waals surface area (Å²) in [5.41, 5.74) is 4.28. The van der Waals surface area contributed by atoms with Gasteiger partial charge in [0.25, 0.3) is 0 Å². The maximum Gasteiger partial charge on any atom is 0.409 e. The largest absolute Gasteiger partial charge is 0.453 e. The Labute approximate surface area is 145 Å². The first-order valence-electron chi connectivity index (χ1n) is 8.20. The number of fused-ring (bicyclic) bond motifs is 1. The third-order valence-electron chi connectivity index (χ3n) is 4.59. The highest BCUT2D eigenvalue weighted by molar-refractivity contribution is 5.76. The number of hydrogen-bond donors (Lipinski definition) is 0. The van der Waals surface area contributed by atoms with Crippen molar-refractivity contribution in [2.75, 3.05) is 38.2 Å². The molecule has 130 valence electrons. The highest BCUT2D eigenvalue weighted by Crippen LogP contribution is 2.26. The Hall–Kier alpha value is -3.03. The summed E-state index contributed by atoms with van der Waals surface area (Å²) in [6.45, 7) is 2.83. The molecule has 1 fully saturated rings. The molecule has 8 heteroatoms. The van der Waals surface area contributed by atoms with Crippen molar-refractivity contribution in [2.24, 2.45) is 7.05 Å². The van der Waals surface area contributed by atoms with E-state index in [1.54, 1.807) is 9.58 Å². The van der Waals surface area contributed by atoms with Crippen LogP contribution in [0.1, 0.15) is 0 Å². The van der Waals surface area contributed by atoms with E-state index in [0.717, 1.165) is 35.4 Å². The molecule has 1 amide bonds. The fraction of sp³-hybridized carbons (Fsp3) is 0.353. The SMILES string of the molecule is COC(=O)N1CCN(c2cnn3cc(-c4cnn(C)c4)ccc23)CC1. The van der Waals surface area contributed by atoms with Crippen LogP contribution >= 0.6 is 0 Å². The number of piperazine rings is 1. The Morgan fingerprint density at radius 3 is 2.52 bits per heavy atom. The molecule has 0 atom stereocenters. The van der Waals surface area contributed by atoms with Crippen LogP contribution in [0, 0.1) is 0 Å². The van der Waals surface area contributed by atoms with Crippen molar-refractivity contribution in [2.45, 2.75) is 0 Å². The molecule has 0 aromatic carbocycles. The normalized spacial score (nSPS) is 15.0. The van der Waals surface area contributed by atoms with Crippen molar-refractivity contribution < 1.29 is 9.53 Å².